The van der Waals surface area contributed by atoms with Crippen molar-refractivity contribution < 1.29 is 9.59 Å². The maximum atomic E-state index is 12.8. The number of carbonyl (C=O) groups excluding carboxylic acids is 2. The molecule has 29 heavy (non-hydrogen) atoms. The Hall–Kier alpha value is -2.27. The van der Waals surface area contributed by atoms with Gasteiger partial charge in [0, 0.05) is 24.5 Å². The number of aryl methyl sites for hydroxylation is 1. The van der Waals surface area contributed by atoms with Crippen molar-refractivity contribution >= 4 is 23.6 Å². The third kappa shape index (κ3) is 5.86. The maximum absolute atomic E-state index is 12.8. The second kappa shape index (κ2) is 10.5. The van der Waals surface area contributed by atoms with Crippen molar-refractivity contribution in [1.82, 2.24) is 10.2 Å². The van der Waals surface area contributed by atoms with Gasteiger partial charge in [-0.15, -0.1) is 11.8 Å². The molecule has 4 nitrogen and oxygen atoms in total. The van der Waals surface area contributed by atoms with Gasteiger partial charge in [0.25, 0.3) is 5.91 Å². The van der Waals surface area contributed by atoms with Crippen LogP contribution in [-0.2, 0) is 11.3 Å². The highest BCUT2D eigenvalue weighted by Crippen LogP contribution is 2.26. The van der Waals surface area contributed by atoms with Crippen LogP contribution >= 0.6 is 11.8 Å². The quantitative estimate of drug-likeness (QED) is 0.667. The third-order valence-corrected chi connectivity index (χ3v) is 6.76. The molecule has 0 aliphatic heterocycles. The number of hydrogen-bond donors (Lipinski definition) is 1. The molecule has 0 heterocycles. The lowest BCUT2D eigenvalue weighted by atomic mass is 9.94. The fourth-order valence-electron chi connectivity index (χ4n) is 3.77. The summed E-state index contributed by atoms with van der Waals surface area (Å²) in [7, 11) is 1.92. The molecular weight excluding hydrogens is 380 g/mol. The van der Waals surface area contributed by atoms with Crippen LogP contribution in [0.15, 0.2) is 53.4 Å². The highest BCUT2D eigenvalue weighted by Gasteiger charge is 2.22. The largest absolute Gasteiger partial charge is 0.348 e. The van der Waals surface area contributed by atoms with Gasteiger partial charge in [0.05, 0.1) is 11.3 Å². The molecule has 2 amide bonds. The molecule has 0 saturated heterocycles. The van der Waals surface area contributed by atoms with Gasteiger partial charge in [-0.05, 0) is 43.0 Å². The molecule has 1 saturated carbocycles. The lowest BCUT2D eigenvalue weighted by Gasteiger charge is -2.31. The van der Waals surface area contributed by atoms with E-state index in [0.29, 0.717) is 23.9 Å². The Morgan fingerprint density at radius 2 is 1.72 bits per heavy atom. The summed E-state index contributed by atoms with van der Waals surface area (Å²) in [5.74, 6) is 0.385. The van der Waals surface area contributed by atoms with Gasteiger partial charge in [-0.3, -0.25) is 9.59 Å². The average molecular weight is 411 g/mol. The number of rotatable bonds is 7. The van der Waals surface area contributed by atoms with Crippen LogP contribution < -0.4 is 5.32 Å². The number of nitrogens with one attached hydrogen (secondary N) is 1. The first-order valence-corrected chi connectivity index (χ1v) is 11.3. The molecule has 0 radical (unpaired) electrons. The summed E-state index contributed by atoms with van der Waals surface area (Å²) in [4.78, 5) is 28.2. The van der Waals surface area contributed by atoms with Gasteiger partial charge in [-0.25, -0.2) is 0 Å². The van der Waals surface area contributed by atoms with Crippen molar-refractivity contribution in [3.63, 3.8) is 0 Å². The molecule has 2 aromatic carbocycles. The van der Waals surface area contributed by atoms with E-state index in [-0.39, 0.29) is 11.8 Å². The van der Waals surface area contributed by atoms with Crippen LogP contribution in [0.3, 0.4) is 0 Å². The molecule has 5 heteroatoms. The van der Waals surface area contributed by atoms with E-state index >= 15 is 0 Å². The van der Waals surface area contributed by atoms with E-state index in [1.165, 1.54) is 31.0 Å². The second-order valence-corrected chi connectivity index (χ2v) is 8.71. The highest BCUT2D eigenvalue weighted by atomic mass is 32.2. The first-order valence-electron chi connectivity index (χ1n) is 10.4. The van der Waals surface area contributed by atoms with Gasteiger partial charge < -0.3 is 10.2 Å². The van der Waals surface area contributed by atoms with Gasteiger partial charge in [0.15, 0.2) is 0 Å². The van der Waals surface area contributed by atoms with E-state index < -0.39 is 0 Å². The average Bonchev–Trinajstić information content (AvgIpc) is 2.77. The Bertz CT molecular complexity index is 846. The SMILES string of the molecule is Cc1ccccc1CNC(=O)c1ccccc1SCC(=O)N(C)C1CCCCC1. The fraction of sp³-hybridized carbons (Fsp3) is 0.417. The molecule has 0 spiro atoms. The maximum Gasteiger partial charge on any atom is 0.252 e. The Morgan fingerprint density at radius 1 is 1.03 bits per heavy atom. The van der Waals surface area contributed by atoms with Crippen molar-refractivity contribution in [2.24, 2.45) is 0 Å². The number of hydrogen-bond acceptors (Lipinski definition) is 3. The monoisotopic (exact) mass is 410 g/mol. The lowest BCUT2D eigenvalue weighted by molar-refractivity contribution is -0.129. The molecule has 154 valence electrons. The Labute approximate surface area is 178 Å². The van der Waals surface area contributed by atoms with E-state index in [0.717, 1.165) is 28.9 Å². The zero-order valence-corrected chi connectivity index (χ0v) is 18.1. The summed E-state index contributed by atoms with van der Waals surface area (Å²) in [6.45, 7) is 2.54. The van der Waals surface area contributed by atoms with Gasteiger partial charge in [-0.2, -0.15) is 0 Å². The highest BCUT2D eigenvalue weighted by molar-refractivity contribution is 8.00. The minimum Gasteiger partial charge on any atom is -0.348 e. The Morgan fingerprint density at radius 3 is 2.48 bits per heavy atom. The van der Waals surface area contributed by atoms with Crippen LogP contribution in [0.4, 0.5) is 0 Å². The number of amides is 2. The lowest BCUT2D eigenvalue weighted by Crippen LogP contribution is -2.39. The zero-order chi connectivity index (χ0) is 20.6. The summed E-state index contributed by atoms with van der Waals surface area (Å²) < 4.78 is 0. The standard InChI is InChI=1S/C24H30N2O2S/c1-18-10-6-7-11-19(18)16-25-24(28)21-14-8-9-15-22(21)29-17-23(27)26(2)20-12-4-3-5-13-20/h6-11,14-15,20H,3-5,12-13,16-17H2,1-2H3,(H,25,28). The predicted molar refractivity (Wildman–Crippen MR) is 119 cm³/mol. The summed E-state index contributed by atoms with van der Waals surface area (Å²) in [6, 6.07) is 15.9. The molecule has 0 aromatic heterocycles. The number of thioether (sulfide) groups is 1. The number of benzene rings is 2. The summed E-state index contributed by atoms with van der Waals surface area (Å²) in [5.41, 5.74) is 2.89. The predicted octanol–water partition coefficient (Wildman–Crippen LogP) is 4.81. The normalized spacial score (nSPS) is 14.4. The van der Waals surface area contributed by atoms with E-state index in [1.54, 1.807) is 0 Å². The van der Waals surface area contributed by atoms with Crippen LogP contribution in [0.25, 0.3) is 0 Å². The van der Waals surface area contributed by atoms with Crippen molar-refractivity contribution in [3.05, 3.63) is 65.2 Å². The van der Waals surface area contributed by atoms with Crippen molar-refractivity contribution in [3.8, 4) is 0 Å². The zero-order valence-electron chi connectivity index (χ0n) is 17.3. The minimum absolute atomic E-state index is 0.107. The van der Waals surface area contributed by atoms with Crippen LogP contribution in [0.1, 0.15) is 53.6 Å². The van der Waals surface area contributed by atoms with Crippen LogP contribution in [0.5, 0.6) is 0 Å². The van der Waals surface area contributed by atoms with E-state index in [1.807, 2.05) is 67.4 Å². The van der Waals surface area contributed by atoms with Crippen LogP contribution in [-0.4, -0.2) is 35.6 Å². The molecule has 3 rings (SSSR count). The molecule has 1 aliphatic rings. The molecule has 0 unspecified atom stereocenters. The molecule has 1 aliphatic carbocycles. The van der Waals surface area contributed by atoms with Crippen LogP contribution in [0, 0.1) is 6.92 Å². The Kier molecular flexibility index (Phi) is 7.76. The second-order valence-electron chi connectivity index (χ2n) is 7.69. The van der Waals surface area contributed by atoms with Crippen molar-refractivity contribution in [1.29, 1.82) is 0 Å². The van der Waals surface area contributed by atoms with E-state index in [2.05, 4.69) is 5.32 Å². The van der Waals surface area contributed by atoms with Crippen molar-refractivity contribution in [2.45, 2.75) is 56.5 Å². The molecule has 1 fully saturated rings. The summed E-state index contributed by atoms with van der Waals surface area (Å²) in [5, 5.41) is 3.01. The van der Waals surface area contributed by atoms with Crippen molar-refractivity contribution in [2.75, 3.05) is 12.8 Å². The smallest absolute Gasteiger partial charge is 0.252 e. The number of nitrogens with zero attached hydrogens (tertiary/aromatic N) is 1. The fourth-order valence-corrected chi connectivity index (χ4v) is 4.75. The van der Waals surface area contributed by atoms with Gasteiger partial charge in [0.2, 0.25) is 5.91 Å². The molecule has 2 aromatic rings. The first-order chi connectivity index (χ1) is 14.1. The van der Waals surface area contributed by atoms with Crippen LogP contribution in [0.2, 0.25) is 0 Å². The molecule has 0 bridgehead atoms. The molecule has 0 atom stereocenters. The van der Waals surface area contributed by atoms with Gasteiger partial charge in [-0.1, -0.05) is 55.7 Å². The topological polar surface area (TPSA) is 49.4 Å². The first kappa shape index (κ1) is 21.4. The van der Waals surface area contributed by atoms with Gasteiger partial charge >= 0.3 is 0 Å². The minimum atomic E-state index is -0.107. The molecule has 1 N–H and O–H groups in total. The Balaban J connectivity index is 1.58. The van der Waals surface area contributed by atoms with E-state index in [4.69, 9.17) is 0 Å². The number of carbonyl (C=O) groups is 2. The molecular formula is C24H30N2O2S. The summed E-state index contributed by atoms with van der Waals surface area (Å²) >= 11 is 1.45. The van der Waals surface area contributed by atoms with E-state index in [9.17, 15) is 9.59 Å². The summed E-state index contributed by atoms with van der Waals surface area (Å²) in [6.07, 6.45) is 5.90. The third-order valence-electron chi connectivity index (χ3n) is 5.70. The van der Waals surface area contributed by atoms with Gasteiger partial charge in [0.1, 0.15) is 0 Å².